The van der Waals surface area contributed by atoms with Crippen LogP contribution in [0.2, 0.25) is 5.02 Å². The van der Waals surface area contributed by atoms with Crippen LogP contribution in [0.4, 0.5) is 15.8 Å². The second-order valence-corrected chi connectivity index (χ2v) is 4.66. The lowest BCUT2D eigenvalue weighted by molar-refractivity contribution is 0.615. The van der Waals surface area contributed by atoms with Crippen molar-refractivity contribution in [3.8, 4) is 0 Å². The fourth-order valence-electron chi connectivity index (χ4n) is 1.66. The summed E-state index contributed by atoms with van der Waals surface area (Å²) in [6.45, 7) is 8.00. The van der Waals surface area contributed by atoms with Crippen molar-refractivity contribution in [2.75, 3.05) is 23.7 Å². The smallest absolute Gasteiger partial charge is 0.143 e. The van der Waals surface area contributed by atoms with Crippen molar-refractivity contribution >= 4 is 23.0 Å². The first-order valence-corrected chi connectivity index (χ1v) is 5.83. The summed E-state index contributed by atoms with van der Waals surface area (Å²) in [5.41, 5.74) is 7.04. The van der Waals surface area contributed by atoms with Crippen LogP contribution in [0, 0.1) is 11.7 Å². The second-order valence-electron chi connectivity index (χ2n) is 4.26. The minimum absolute atomic E-state index is 0.117. The van der Waals surface area contributed by atoms with Crippen LogP contribution in [-0.4, -0.2) is 13.1 Å². The van der Waals surface area contributed by atoms with Gasteiger partial charge in [0.15, 0.2) is 0 Å². The van der Waals surface area contributed by atoms with Gasteiger partial charge in [0.25, 0.3) is 0 Å². The van der Waals surface area contributed by atoms with Gasteiger partial charge in [-0.2, -0.15) is 0 Å². The van der Waals surface area contributed by atoms with E-state index in [-0.39, 0.29) is 5.02 Å². The molecule has 2 nitrogen and oxygen atoms in total. The fraction of sp³-hybridized carbons (Fsp3) is 0.500. The zero-order valence-electron chi connectivity index (χ0n) is 9.93. The van der Waals surface area contributed by atoms with Gasteiger partial charge in [0.2, 0.25) is 0 Å². The average molecular weight is 245 g/mol. The molecule has 0 saturated heterocycles. The molecular weight excluding hydrogens is 227 g/mol. The number of halogens is 2. The van der Waals surface area contributed by atoms with Crippen molar-refractivity contribution in [1.82, 2.24) is 0 Å². The zero-order chi connectivity index (χ0) is 12.3. The van der Waals surface area contributed by atoms with Gasteiger partial charge in [0, 0.05) is 19.2 Å². The number of nitrogen functional groups attached to an aromatic ring is 1. The van der Waals surface area contributed by atoms with Crippen molar-refractivity contribution < 1.29 is 4.39 Å². The minimum Gasteiger partial charge on any atom is -0.397 e. The number of nitrogens with two attached hydrogens (primary N) is 1. The van der Waals surface area contributed by atoms with Crippen LogP contribution in [-0.2, 0) is 0 Å². The first kappa shape index (κ1) is 13.1. The minimum atomic E-state index is -0.469. The van der Waals surface area contributed by atoms with Gasteiger partial charge in [-0.1, -0.05) is 25.4 Å². The molecule has 0 atom stereocenters. The van der Waals surface area contributed by atoms with Gasteiger partial charge in [0.05, 0.1) is 16.4 Å². The summed E-state index contributed by atoms with van der Waals surface area (Å²) in [6.07, 6.45) is 0. The van der Waals surface area contributed by atoms with Gasteiger partial charge in [-0.05, 0) is 18.9 Å². The molecule has 0 aliphatic heterocycles. The number of anilines is 2. The van der Waals surface area contributed by atoms with E-state index in [0.717, 1.165) is 18.8 Å². The topological polar surface area (TPSA) is 29.3 Å². The average Bonchev–Trinajstić information content (AvgIpc) is 2.20. The molecule has 0 aromatic heterocycles. The van der Waals surface area contributed by atoms with E-state index >= 15 is 0 Å². The maximum Gasteiger partial charge on any atom is 0.143 e. The highest BCUT2D eigenvalue weighted by Gasteiger charge is 2.12. The summed E-state index contributed by atoms with van der Waals surface area (Å²) in [5, 5.41) is 0.117. The quantitative estimate of drug-likeness (QED) is 0.821. The highest BCUT2D eigenvalue weighted by molar-refractivity contribution is 6.31. The lowest BCUT2D eigenvalue weighted by Crippen LogP contribution is -2.28. The van der Waals surface area contributed by atoms with Crippen molar-refractivity contribution in [2.24, 2.45) is 5.92 Å². The summed E-state index contributed by atoms with van der Waals surface area (Å²) >= 11 is 5.77. The van der Waals surface area contributed by atoms with E-state index in [2.05, 4.69) is 18.7 Å². The zero-order valence-corrected chi connectivity index (χ0v) is 10.7. The maximum atomic E-state index is 13.2. The van der Waals surface area contributed by atoms with Gasteiger partial charge in [-0.25, -0.2) is 4.39 Å². The van der Waals surface area contributed by atoms with Crippen molar-refractivity contribution in [1.29, 1.82) is 0 Å². The second kappa shape index (κ2) is 5.39. The number of rotatable bonds is 4. The molecule has 0 radical (unpaired) electrons. The maximum absolute atomic E-state index is 13.2. The number of hydrogen-bond acceptors (Lipinski definition) is 2. The van der Waals surface area contributed by atoms with Crippen molar-refractivity contribution in [3.05, 3.63) is 23.0 Å². The third-order valence-electron chi connectivity index (χ3n) is 2.38. The summed E-state index contributed by atoms with van der Waals surface area (Å²) < 4.78 is 13.2. The number of benzene rings is 1. The Labute approximate surface area is 101 Å². The van der Waals surface area contributed by atoms with E-state index in [1.807, 2.05) is 6.92 Å². The molecule has 1 aromatic carbocycles. The van der Waals surface area contributed by atoms with Crippen LogP contribution in [0.3, 0.4) is 0 Å². The van der Waals surface area contributed by atoms with E-state index < -0.39 is 5.82 Å². The van der Waals surface area contributed by atoms with E-state index in [1.54, 1.807) is 6.07 Å². The van der Waals surface area contributed by atoms with Gasteiger partial charge in [0.1, 0.15) is 5.82 Å². The predicted molar refractivity (Wildman–Crippen MR) is 68.5 cm³/mol. The summed E-state index contributed by atoms with van der Waals surface area (Å²) in [5.74, 6) is 0.0479. The van der Waals surface area contributed by atoms with E-state index in [9.17, 15) is 4.39 Å². The summed E-state index contributed by atoms with van der Waals surface area (Å²) in [7, 11) is 0. The van der Waals surface area contributed by atoms with Gasteiger partial charge >= 0.3 is 0 Å². The Bertz CT molecular complexity index is 366. The molecule has 0 aliphatic carbocycles. The Morgan fingerprint density at radius 3 is 2.56 bits per heavy atom. The van der Waals surface area contributed by atoms with Gasteiger partial charge in [-0.15, -0.1) is 0 Å². The van der Waals surface area contributed by atoms with E-state index in [1.165, 1.54) is 6.07 Å². The third-order valence-corrected chi connectivity index (χ3v) is 2.67. The lowest BCUT2D eigenvalue weighted by atomic mass is 10.1. The molecule has 0 spiro atoms. The molecule has 4 heteroatoms. The Morgan fingerprint density at radius 2 is 2.06 bits per heavy atom. The molecule has 1 rings (SSSR count). The molecule has 0 unspecified atom stereocenters. The van der Waals surface area contributed by atoms with Crippen LogP contribution in [0.5, 0.6) is 0 Å². The number of nitrogens with zero attached hydrogens (tertiary/aromatic N) is 1. The monoisotopic (exact) mass is 244 g/mol. The van der Waals surface area contributed by atoms with Crippen LogP contribution in [0.25, 0.3) is 0 Å². The van der Waals surface area contributed by atoms with Gasteiger partial charge in [-0.3, -0.25) is 0 Å². The molecule has 0 amide bonds. The predicted octanol–water partition coefficient (Wildman–Crippen LogP) is 3.54. The van der Waals surface area contributed by atoms with E-state index in [4.69, 9.17) is 17.3 Å². The molecule has 0 bridgehead atoms. The standard InChI is InChI=1S/C12H18ClFN2/c1-4-16(7-8(2)3)12-5-9(13)10(14)6-11(12)15/h5-6,8H,4,7,15H2,1-3H3. The fourth-order valence-corrected chi connectivity index (χ4v) is 1.82. The van der Waals surface area contributed by atoms with Crippen LogP contribution >= 0.6 is 11.6 Å². The lowest BCUT2D eigenvalue weighted by Gasteiger charge is -2.26. The molecule has 0 fully saturated rings. The SMILES string of the molecule is CCN(CC(C)C)c1cc(Cl)c(F)cc1N. The Morgan fingerprint density at radius 1 is 1.44 bits per heavy atom. The first-order valence-electron chi connectivity index (χ1n) is 5.45. The molecule has 1 aromatic rings. The largest absolute Gasteiger partial charge is 0.397 e. The van der Waals surface area contributed by atoms with Crippen molar-refractivity contribution in [2.45, 2.75) is 20.8 Å². The normalized spacial score (nSPS) is 10.9. The molecular formula is C12H18ClFN2. The van der Waals surface area contributed by atoms with Crippen LogP contribution in [0.1, 0.15) is 20.8 Å². The Hall–Kier alpha value is -0.960. The van der Waals surface area contributed by atoms with Crippen molar-refractivity contribution in [3.63, 3.8) is 0 Å². The highest BCUT2D eigenvalue weighted by atomic mass is 35.5. The summed E-state index contributed by atoms with van der Waals surface area (Å²) in [4.78, 5) is 2.10. The highest BCUT2D eigenvalue weighted by Crippen LogP contribution is 2.29. The third kappa shape index (κ3) is 3.01. The number of hydrogen-bond donors (Lipinski definition) is 1. The van der Waals surface area contributed by atoms with Crippen LogP contribution in [0.15, 0.2) is 12.1 Å². The molecule has 0 aliphatic rings. The van der Waals surface area contributed by atoms with E-state index in [0.29, 0.717) is 11.6 Å². The summed E-state index contributed by atoms with van der Waals surface area (Å²) in [6, 6.07) is 2.87. The molecule has 0 saturated carbocycles. The molecule has 0 heterocycles. The van der Waals surface area contributed by atoms with Crippen LogP contribution < -0.4 is 10.6 Å². The molecule has 16 heavy (non-hydrogen) atoms. The Kier molecular flexibility index (Phi) is 4.42. The molecule has 90 valence electrons. The molecule has 2 N–H and O–H groups in total. The van der Waals surface area contributed by atoms with Gasteiger partial charge < -0.3 is 10.6 Å². The first-order chi connectivity index (χ1) is 7.45. The Balaban J connectivity index is 3.05.